The largest absolute Gasteiger partial charge is 0.457 e. The van der Waals surface area contributed by atoms with Crippen LogP contribution in [0.4, 0.5) is 5.82 Å². The van der Waals surface area contributed by atoms with Crippen molar-refractivity contribution in [3.8, 4) is 22.6 Å². The summed E-state index contributed by atoms with van der Waals surface area (Å²) in [5, 5.41) is 3.95. The van der Waals surface area contributed by atoms with Crippen LogP contribution in [0.3, 0.4) is 0 Å². The molecule has 180 valence electrons. The van der Waals surface area contributed by atoms with Gasteiger partial charge in [-0.25, -0.2) is 9.97 Å². The van der Waals surface area contributed by atoms with Crippen LogP contribution >= 0.6 is 0 Å². The van der Waals surface area contributed by atoms with E-state index in [1.54, 1.807) is 0 Å². The topological polar surface area (TPSA) is 98.3 Å². The Balaban J connectivity index is 1.44. The van der Waals surface area contributed by atoms with Gasteiger partial charge in [-0.05, 0) is 56.1 Å². The minimum absolute atomic E-state index is 0.0393. The standard InChI is InChI=1S/C27H30N6O2/c1-3-32-15-7-10-23(32)31-27(34)18(2)33-16-22(24-25(28)29-17-30-26(24)33)19-11-13-21(14-12-19)35-20-8-5-4-6-9-20/h4-6,8-9,11-14,16-18,23H,3,7,10,15H2,1-2H3,(H,31,34)(H2,28,29,30)/t18-,23-/m1/s1. The van der Waals surface area contributed by atoms with Crippen LogP contribution in [0.2, 0.25) is 0 Å². The molecular weight excluding hydrogens is 440 g/mol. The van der Waals surface area contributed by atoms with E-state index in [0.717, 1.165) is 53.9 Å². The van der Waals surface area contributed by atoms with Crippen LogP contribution < -0.4 is 15.8 Å². The number of rotatable bonds is 7. The summed E-state index contributed by atoms with van der Waals surface area (Å²) in [7, 11) is 0. The maximum atomic E-state index is 13.2. The number of aromatic nitrogens is 3. The van der Waals surface area contributed by atoms with Gasteiger partial charge in [-0.3, -0.25) is 9.69 Å². The van der Waals surface area contributed by atoms with Gasteiger partial charge < -0.3 is 20.4 Å². The van der Waals surface area contributed by atoms with Crippen molar-refractivity contribution < 1.29 is 9.53 Å². The molecular formula is C27H30N6O2. The number of carbonyl (C=O) groups is 1. The Hall–Kier alpha value is -3.91. The number of carbonyl (C=O) groups excluding carboxylic acids is 1. The van der Waals surface area contributed by atoms with E-state index in [-0.39, 0.29) is 12.1 Å². The van der Waals surface area contributed by atoms with Gasteiger partial charge in [0.05, 0.1) is 11.6 Å². The van der Waals surface area contributed by atoms with E-state index in [9.17, 15) is 4.79 Å². The molecule has 1 aliphatic heterocycles. The van der Waals surface area contributed by atoms with E-state index < -0.39 is 6.04 Å². The summed E-state index contributed by atoms with van der Waals surface area (Å²) >= 11 is 0. The lowest BCUT2D eigenvalue weighted by Gasteiger charge is -2.25. The highest BCUT2D eigenvalue weighted by Crippen LogP contribution is 2.35. The monoisotopic (exact) mass is 470 g/mol. The van der Waals surface area contributed by atoms with Gasteiger partial charge in [0.25, 0.3) is 0 Å². The molecule has 35 heavy (non-hydrogen) atoms. The van der Waals surface area contributed by atoms with Crippen molar-refractivity contribution in [1.82, 2.24) is 24.8 Å². The van der Waals surface area contributed by atoms with Gasteiger partial charge in [-0.1, -0.05) is 37.3 Å². The highest BCUT2D eigenvalue weighted by molar-refractivity contribution is 6.01. The van der Waals surface area contributed by atoms with Crippen molar-refractivity contribution in [3.63, 3.8) is 0 Å². The molecule has 0 saturated carbocycles. The molecule has 0 bridgehead atoms. The number of hydrogen-bond acceptors (Lipinski definition) is 6. The number of anilines is 1. The fourth-order valence-electron chi connectivity index (χ4n) is 4.73. The van der Waals surface area contributed by atoms with Gasteiger partial charge >= 0.3 is 0 Å². The molecule has 1 amide bonds. The van der Waals surface area contributed by atoms with Gasteiger partial charge in [0.2, 0.25) is 5.91 Å². The van der Waals surface area contributed by atoms with Crippen molar-refractivity contribution in [1.29, 1.82) is 0 Å². The summed E-state index contributed by atoms with van der Waals surface area (Å²) in [6, 6.07) is 17.0. The molecule has 3 heterocycles. The van der Waals surface area contributed by atoms with Gasteiger partial charge in [-0.15, -0.1) is 0 Å². The van der Waals surface area contributed by atoms with Crippen molar-refractivity contribution in [2.45, 2.75) is 38.9 Å². The number of amides is 1. The number of likely N-dealkylation sites (tertiary alicyclic amines) is 1. The maximum absolute atomic E-state index is 13.2. The Bertz CT molecular complexity index is 1320. The Kier molecular flexibility index (Phi) is 6.37. The molecule has 2 atom stereocenters. The quantitative estimate of drug-likeness (QED) is 0.410. The molecule has 1 aliphatic rings. The van der Waals surface area contributed by atoms with Crippen molar-refractivity contribution in [2.75, 3.05) is 18.8 Å². The van der Waals surface area contributed by atoms with Crippen LogP contribution in [-0.4, -0.2) is 44.6 Å². The lowest BCUT2D eigenvalue weighted by atomic mass is 10.1. The summed E-state index contributed by atoms with van der Waals surface area (Å²) in [4.78, 5) is 24.2. The number of nitrogens with one attached hydrogen (secondary N) is 1. The average molecular weight is 471 g/mol. The van der Waals surface area contributed by atoms with E-state index in [1.807, 2.05) is 72.3 Å². The molecule has 8 nitrogen and oxygen atoms in total. The molecule has 4 aromatic rings. The minimum atomic E-state index is -0.458. The molecule has 0 radical (unpaired) electrons. The molecule has 3 N–H and O–H groups in total. The van der Waals surface area contributed by atoms with Crippen LogP contribution in [0.5, 0.6) is 11.5 Å². The first-order valence-corrected chi connectivity index (χ1v) is 12.0. The second-order valence-corrected chi connectivity index (χ2v) is 8.82. The molecule has 0 aliphatic carbocycles. The maximum Gasteiger partial charge on any atom is 0.244 e. The summed E-state index contributed by atoms with van der Waals surface area (Å²) in [6.07, 6.45) is 5.52. The normalized spacial score (nSPS) is 16.9. The Morgan fingerprint density at radius 1 is 1.14 bits per heavy atom. The number of nitrogens with two attached hydrogens (primary N) is 1. The fraction of sp³-hybridized carbons (Fsp3) is 0.296. The fourth-order valence-corrected chi connectivity index (χ4v) is 4.73. The second kappa shape index (κ2) is 9.76. The predicted octanol–water partition coefficient (Wildman–Crippen LogP) is 4.59. The number of nitrogens with zero attached hydrogens (tertiary/aromatic N) is 4. The molecule has 2 aromatic heterocycles. The third-order valence-corrected chi connectivity index (χ3v) is 6.66. The Morgan fingerprint density at radius 2 is 1.89 bits per heavy atom. The molecule has 1 saturated heterocycles. The van der Waals surface area contributed by atoms with Gasteiger partial charge in [0.1, 0.15) is 35.3 Å². The van der Waals surface area contributed by atoms with Crippen LogP contribution in [0.25, 0.3) is 22.2 Å². The van der Waals surface area contributed by atoms with Crippen molar-refractivity contribution >= 4 is 22.8 Å². The van der Waals surface area contributed by atoms with Crippen molar-refractivity contribution in [3.05, 3.63) is 67.1 Å². The van der Waals surface area contributed by atoms with E-state index in [1.165, 1.54) is 6.33 Å². The first kappa shape index (κ1) is 22.9. The lowest BCUT2D eigenvalue weighted by Crippen LogP contribution is -2.46. The third-order valence-electron chi connectivity index (χ3n) is 6.66. The molecule has 1 fully saturated rings. The molecule has 0 spiro atoms. The van der Waals surface area contributed by atoms with E-state index >= 15 is 0 Å². The summed E-state index contributed by atoms with van der Waals surface area (Å²) < 4.78 is 7.81. The van der Waals surface area contributed by atoms with Crippen molar-refractivity contribution in [2.24, 2.45) is 0 Å². The Labute approximate surface area is 204 Å². The zero-order chi connectivity index (χ0) is 24.4. The number of benzene rings is 2. The molecule has 2 aromatic carbocycles. The summed E-state index contributed by atoms with van der Waals surface area (Å²) in [5.74, 6) is 1.85. The zero-order valence-corrected chi connectivity index (χ0v) is 20.0. The zero-order valence-electron chi connectivity index (χ0n) is 20.0. The second-order valence-electron chi connectivity index (χ2n) is 8.82. The average Bonchev–Trinajstić information content (AvgIpc) is 3.50. The Morgan fingerprint density at radius 3 is 2.63 bits per heavy atom. The highest BCUT2D eigenvalue weighted by Gasteiger charge is 2.28. The van der Waals surface area contributed by atoms with E-state index in [2.05, 4.69) is 27.1 Å². The minimum Gasteiger partial charge on any atom is -0.457 e. The smallest absolute Gasteiger partial charge is 0.244 e. The first-order valence-electron chi connectivity index (χ1n) is 12.0. The van der Waals surface area contributed by atoms with Crippen LogP contribution in [-0.2, 0) is 4.79 Å². The number of ether oxygens (including phenoxy) is 1. The van der Waals surface area contributed by atoms with E-state index in [0.29, 0.717) is 11.5 Å². The number of para-hydroxylation sites is 1. The van der Waals surface area contributed by atoms with Crippen LogP contribution in [0, 0.1) is 0 Å². The molecule has 5 rings (SSSR count). The van der Waals surface area contributed by atoms with Crippen LogP contribution in [0.15, 0.2) is 67.1 Å². The number of hydrogen-bond donors (Lipinski definition) is 2. The predicted molar refractivity (Wildman–Crippen MR) is 137 cm³/mol. The van der Waals surface area contributed by atoms with E-state index in [4.69, 9.17) is 10.5 Å². The number of fused-ring (bicyclic) bond motifs is 1. The summed E-state index contributed by atoms with van der Waals surface area (Å²) in [6.45, 7) is 5.94. The molecule has 8 heteroatoms. The van der Waals surface area contributed by atoms with Crippen LogP contribution in [0.1, 0.15) is 32.7 Å². The van der Waals surface area contributed by atoms with Gasteiger partial charge in [-0.2, -0.15) is 0 Å². The number of nitrogen functional groups attached to an aromatic ring is 1. The SMILES string of the molecule is CCN1CCC[C@@H]1NC(=O)[C@@H](C)n1cc(-c2ccc(Oc3ccccc3)cc2)c2c(N)ncnc21. The first-order chi connectivity index (χ1) is 17.0. The van der Waals surface area contributed by atoms with Gasteiger partial charge in [0.15, 0.2) is 0 Å². The lowest BCUT2D eigenvalue weighted by molar-refractivity contribution is -0.125. The summed E-state index contributed by atoms with van der Waals surface area (Å²) in [5.41, 5.74) is 8.74. The van der Waals surface area contributed by atoms with Gasteiger partial charge in [0, 0.05) is 18.3 Å². The third kappa shape index (κ3) is 4.57. The molecule has 0 unspecified atom stereocenters. The highest BCUT2D eigenvalue weighted by atomic mass is 16.5.